The van der Waals surface area contributed by atoms with Gasteiger partial charge in [0.05, 0.1) is 10.6 Å². The van der Waals surface area contributed by atoms with E-state index in [4.69, 9.17) is 16.3 Å². The average molecular weight is 419 g/mol. The fraction of sp³-hybridized carbons (Fsp3) is 0.375. The molecule has 0 saturated heterocycles. The zero-order chi connectivity index (χ0) is 15.4. The molecule has 0 aromatic heterocycles. The third-order valence-electron chi connectivity index (χ3n) is 3.28. The highest BCUT2D eigenvalue weighted by molar-refractivity contribution is 14.1. The third-order valence-corrected chi connectivity index (χ3v) is 4.58. The summed E-state index contributed by atoms with van der Waals surface area (Å²) in [5.74, 6) is -0.428. The summed E-state index contributed by atoms with van der Waals surface area (Å²) in [6, 6.07) is 4.88. The highest BCUT2D eigenvalue weighted by atomic mass is 127. The Bertz CT molecular complexity index is 595. The van der Waals surface area contributed by atoms with Gasteiger partial charge in [-0.1, -0.05) is 66.1 Å². The SMILES string of the molecule is CCCCC(I)COC1=CC(=O)c2c(Cl)cccc2C1=O. The molecule has 0 amide bonds. The monoisotopic (exact) mass is 418 g/mol. The standard InChI is InChI=1S/C16H16ClIO3/c1-2-3-5-10(18)9-21-14-8-13(19)15-11(16(14)20)6-4-7-12(15)17/h4,6-8,10H,2-3,5,9H2,1H3. The van der Waals surface area contributed by atoms with Gasteiger partial charge in [-0.25, -0.2) is 0 Å². The maximum atomic E-state index is 12.3. The fourth-order valence-corrected chi connectivity index (χ4v) is 3.04. The van der Waals surface area contributed by atoms with Crippen molar-refractivity contribution in [3.05, 3.63) is 46.2 Å². The summed E-state index contributed by atoms with van der Waals surface area (Å²) in [6.07, 6.45) is 4.54. The first-order chi connectivity index (χ1) is 10.0. The van der Waals surface area contributed by atoms with Crippen molar-refractivity contribution in [2.24, 2.45) is 0 Å². The Morgan fingerprint density at radius 2 is 2.10 bits per heavy atom. The minimum absolute atomic E-state index is 0.118. The first-order valence-corrected chi connectivity index (χ1v) is 8.53. The van der Waals surface area contributed by atoms with Crippen molar-refractivity contribution in [3.8, 4) is 0 Å². The molecule has 1 unspecified atom stereocenters. The van der Waals surface area contributed by atoms with Crippen LogP contribution in [0.5, 0.6) is 0 Å². The number of alkyl halides is 1. The molecule has 3 nitrogen and oxygen atoms in total. The summed E-state index contributed by atoms with van der Waals surface area (Å²) >= 11 is 8.30. The van der Waals surface area contributed by atoms with Gasteiger partial charge in [-0.15, -0.1) is 0 Å². The van der Waals surface area contributed by atoms with Gasteiger partial charge in [-0.3, -0.25) is 9.59 Å². The minimum Gasteiger partial charge on any atom is -0.488 e. The van der Waals surface area contributed by atoms with Crippen molar-refractivity contribution >= 4 is 45.8 Å². The van der Waals surface area contributed by atoms with Crippen molar-refractivity contribution in [3.63, 3.8) is 0 Å². The van der Waals surface area contributed by atoms with E-state index in [2.05, 4.69) is 29.5 Å². The van der Waals surface area contributed by atoms with Crippen LogP contribution in [0.1, 0.15) is 46.9 Å². The Balaban J connectivity index is 2.10. The quantitative estimate of drug-likeness (QED) is 0.500. The molecule has 112 valence electrons. The molecule has 0 radical (unpaired) electrons. The number of ether oxygens (including phenoxy) is 1. The molecule has 0 bridgehead atoms. The second-order valence-corrected chi connectivity index (χ2v) is 7.08. The summed E-state index contributed by atoms with van der Waals surface area (Å²) in [5, 5.41) is 0.302. The summed E-state index contributed by atoms with van der Waals surface area (Å²) in [7, 11) is 0. The number of hydrogen-bond acceptors (Lipinski definition) is 3. The number of Topliss-reactive ketones (excluding diaryl/α,β-unsaturated/α-hetero) is 1. The molecule has 0 aliphatic heterocycles. The lowest BCUT2D eigenvalue weighted by molar-refractivity contribution is 0.0884. The van der Waals surface area contributed by atoms with Crippen LogP contribution in [-0.2, 0) is 4.74 Å². The molecule has 2 rings (SSSR count). The Kier molecular flexibility index (Phi) is 5.81. The van der Waals surface area contributed by atoms with E-state index >= 15 is 0 Å². The number of halogens is 2. The molecule has 1 aromatic rings. The Morgan fingerprint density at radius 1 is 1.33 bits per heavy atom. The molecule has 1 atom stereocenters. The van der Waals surface area contributed by atoms with Crippen LogP contribution in [0.2, 0.25) is 5.02 Å². The van der Waals surface area contributed by atoms with Crippen molar-refractivity contribution < 1.29 is 14.3 Å². The van der Waals surface area contributed by atoms with Gasteiger partial charge in [0.2, 0.25) is 5.78 Å². The highest BCUT2D eigenvalue weighted by Gasteiger charge is 2.28. The van der Waals surface area contributed by atoms with Gasteiger partial charge in [0.15, 0.2) is 11.5 Å². The predicted molar refractivity (Wildman–Crippen MR) is 91.5 cm³/mol. The first kappa shape index (κ1) is 16.5. The van der Waals surface area contributed by atoms with Gasteiger partial charge in [0, 0.05) is 15.6 Å². The van der Waals surface area contributed by atoms with Crippen molar-refractivity contribution in [1.29, 1.82) is 0 Å². The number of allylic oxidation sites excluding steroid dienone is 2. The van der Waals surface area contributed by atoms with E-state index in [9.17, 15) is 9.59 Å². The maximum absolute atomic E-state index is 12.3. The molecular formula is C16H16ClIO3. The number of benzene rings is 1. The Morgan fingerprint density at radius 3 is 2.81 bits per heavy atom. The summed E-state index contributed by atoms with van der Waals surface area (Å²) in [5.41, 5.74) is 0.595. The van der Waals surface area contributed by atoms with Crippen LogP contribution in [-0.4, -0.2) is 22.1 Å². The van der Waals surface area contributed by atoms with Gasteiger partial charge in [0.25, 0.3) is 0 Å². The number of rotatable bonds is 6. The van der Waals surface area contributed by atoms with E-state index in [1.165, 1.54) is 6.08 Å². The number of hydrogen-bond donors (Lipinski definition) is 0. The lowest BCUT2D eigenvalue weighted by atomic mass is 9.93. The molecule has 1 aliphatic rings. The molecular weight excluding hydrogens is 403 g/mol. The van der Waals surface area contributed by atoms with Crippen LogP contribution in [0.3, 0.4) is 0 Å². The van der Waals surface area contributed by atoms with Crippen LogP contribution in [0.25, 0.3) is 0 Å². The van der Waals surface area contributed by atoms with Crippen LogP contribution < -0.4 is 0 Å². The molecule has 0 saturated carbocycles. The van der Waals surface area contributed by atoms with Gasteiger partial charge >= 0.3 is 0 Å². The van der Waals surface area contributed by atoms with Crippen molar-refractivity contribution in [1.82, 2.24) is 0 Å². The van der Waals surface area contributed by atoms with E-state index in [0.717, 1.165) is 19.3 Å². The topological polar surface area (TPSA) is 43.4 Å². The predicted octanol–water partition coefficient (Wildman–Crippen LogP) is 4.61. The van der Waals surface area contributed by atoms with Gasteiger partial charge < -0.3 is 4.74 Å². The van der Waals surface area contributed by atoms with E-state index in [1.807, 2.05) is 0 Å². The van der Waals surface area contributed by atoms with E-state index in [-0.39, 0.29) is 22.9 Å². The smallest absolute Gasteiger partial charge is 0.228 e. The Hall–Kier alpha value is -0.880. The number of unbranched alkanes of at least 4 members (excludes halogenated alkanes) is 1. The van der Waals surface area contributed by atoms with Crippen LogP contribution in [0.4, 0.5) is 0 Å². The largest absolute Gasteiger partial charge is 0.488 e. The zero-order valence-corrected chi connectivity index (χ0v) is 14.6. The number of fused-ring (bicyclic) bond motifs is 1. The molecule has 0 heterocycles. The normalized spacial score (nSPS) is 15.5. The van der Waals surface area contributed by atoms with Crippen LogP contribution in [0, 0.1) is 0 Å². The highest BCUT2D eigenvalue weighted by Crippen LogP contribution is 2.28. The summed E-state index contributed by atoms with van der Waals surface area (Å²) in [4.78, 5) is 24.4. The van der Waals surface area contributed by atoms with Gasteiger partial charge in [-0.2, -0.15) is 0 Å². The number of ketones is 2. The van der Waals surface area contributed by atoms with E-state index in [1.54, 1.807) is 18.2 Å². The Labute approximate surface area is 142 Å². The zero-order valence-electron chi connectivity index (χ0n) is 11.7. The van der Waals surface area contributed by atoms with Crippen LogP contribution >= 0.6 is 34.2 Å². The molecule has 0 spiro atoms. The molecule has 0 fully saturated rings. The number of carbonyl (C=O) groups is 2. The van der Waals surface area contributed by atoms with Crippen molar-refractivity contribution in [2.75, 3.05) is 6.61 Å². The molecule has 1 aromatic carbocycles. The summed E-state index contributed by atoms with van der Waals surface area (Å²) < 4.78 is 5.89. The lowest BCUT2D eigenvalue weighted by Crippen LogP contribution is -2.21. The molecule has 5 heteroatoms. The van der Waals surface area contributed by atoms with Gasteiger partial charge in [-0.05, 0) is 12.5 Å². The summed E-state index contributed by atoms with van der Waals surface area (Å²) in [6.45, 7) is 2.57. The van der Waals surface area contributed by atoms with Gasteiger partial charge in [0.1, 0.15) is 6.61 Å². The molecule has 21 heavy (non-hydrogen) atoms. The van der Waals surface area contributed by atoms with E-state index in [0.29, 0.717) is 21.1 Å². The fourth-order valence-electron chi connectivity index (χ4n) is 2.15. The molecule has 1 aliphatic carbocycles. The second kappa shape index (κ2) is 7.40. The van der Waals surface area contributed by atoms with E-state index < -0.39 is 0 Å². The van der Waals surface area contributed by atoms with Crippen LogP contribution in [0.15, 0.2) is 30.0 Å². The average Bonchev–Trinajstić information content (AvgIpc) is 2.47. The first-order valence-electron chi connectivity index (χ1n) is 6.90. The second-order valence-electron chi connectivity index (χ2n) is 4.91. The third kappa shape index (κ3) is 3.86. The number of carbonyl (C=O) groups excluding carboxylic acids is 2. The van der Waals surface area contributed by atoms with Crippen molar-refractivity contribution in [2.45, 2.75) is 30.1 Å². The lowest BCUT2D eigenvalue weighted by Gasteiger charge is -2.18. The molecule has 0 N–H and O–H groups in total. The minimum atomic E-state index is -0.274. The maximum Gasteiger partial charge on any atom is 0.228 e.